The first-order valence-electron chi connectivity index (χ1n) is 5.66. The van der Waals surface area contributed by atoms with Crippen LogP contribution in [0.25, 0.3) is 0 Å². The monoisotopic (exact) mass is 269 g/mol. The first-order chi connectivity index (χ1) is 7.18. The second-order valence-corrected chi connectivity index (χ2v) is 6.01. The molecule has 0 saturated carbocycles. The quantitative estimate of drug-likeness (QED) is 0.761. The summed E-state index contributed by atoms with van der Waals surface area (Å²) in [5.41, 5.74) is 0. The Bertz CT molecular complexity index is 298. The number of hydrogen-bond donors (Lipinski definition) is 2. The molecule has 2 heterocycles. The highest BCUT2D eigenvalue weighted by molar-refractivity contribution is 7.87. The SMILES string of the molecule is Cl.O=S(=O)(NCC1CCCN1)N1CCCC1. The topological polar surface area (TPSA) is 61.4 Å². The van der Waals surface area contributed by atoms with Crippen LogP contribution in [0.2, 0.25) is 0 Å². The molecule has 2 N–H and O–H groups in total. The summed E-state index contributed by atoms with van der Waals surface area (Å²) in [4.78, 5) is 0. The van der Waals surface area contributed by atoms with Crippen LogP contribution >= 0.6 is 12.4 Å². The molecule has 0 spiro atoms. The zero-order chi connectivity index (χ0) is 10.7. The van der Waals surface area contributed by atoms with Crippen molar-refractivity contribution in [2.75, 3.05) is 26.2 Å². The highest BCUT2D eigenvalue weighted by Crippen LogP contribution is 2.11. The number of nitrogens with one attached hydrogen (secondary N) is 2. The maximum Gasteiger partial charge on any atom is 0.279 e. The second-order valence-electron chi connectivity index (χ2n) is 4.25. The molecule has 1 atom stereocenters. The molecule has 2 saturated heterocycles. The summed E-state index contributed by atoms with van der Waals surface area (Å²) in [6.07, 6.45) is 4.20. The molecular formula is C9H20ClN3O2S. The van der Waals surface area contributed by atoms with E-state index in [0.29, 0.717) is 25.7 Å². The minimum atomic E-state index is -3.20. The van der Waals surface area contributed by atoms with Gasteiger partial charge in [0.25, 0.3) is 10.2 Å². The summed E-state index contributed by atoms with van der Waals surface area (Å²) in [6.45, 7) is 2.88. The zero-order valence-electron chi connectivity index (χ0n) is 9.31. The molecule has 0 bridgehead atoms. The summed E-state index contributed by atoms with van der Waals surface area (Å²) in [6, 6.07) is 0.322. The predicted molar refractivity (Wildman–Crippen MR) is 66.0 cm³/mol. The van der Waals surface area contributed by atoms with Gasteiger partial charge in [-0.25, -0.2) is 4.72 Å². The van der Waals surface area contributed by atoms with Gasteiger partial charge in [0, 0.05) is 25.7 Å². The van der Waals surface area contributed by atoms with Gasteiger partial charge in [-0.15, -0.1) is 12.4 Å². The minimum absolute atomic E-state index is 0. The lowest BCUT2D eigenvalue weighted by atomic mass is 10.2. The molecule has 0 amide bonds. The third kappa shape index (κ3) is 3.56. The maximum atomic E-state index is 11.8. The van der Waals surface area contributed by atoms with E-state index >= 15 is 0 Å². The molecule has 7 heteroatoms. The highest BCUT2D eigenvalue weighted by atomic mass is 35.5. The standard InChI is InChI=1S/C9H19N3O2S.ClH/c13-15(14,12-6-1-2-7-12)11-8-9-4-3-5-10-9;/h9-11H,1-8H2;1H. The van der Waals surface area contributed by atoms with Gasteiger partial charge < -0.3 is 5.32 Å². The van der Waals surface area contributed by atoms with Crippen molar-refractivity contribution in [2.45, 2.75) is 31.7 Å². The van der Waals surface area contributed by atoms with Crippen molar-refractivity contribution < 1.29 is 8.42 Å². The van der Waals surface area contributed by atoms with Crippen LogP contribution in [0.1, 0.15) is 25.7 Å². The summed E-state index contributed by atoms with van der Waals surface area (Å²) in [5, 5.41) is 3.27. The molecule has 0 radical (unpaired) electrons. The normalized spacial score (nSPS) is 26.9. The van der Waals surface area contributed by atoms with E-state index < -0.39 is 10.2 Å². The van der Waals surface area contributed by atoms with Crippen molar-refractivity contribution in [3.63, 3.8) is 0 Å². The van der Waals surface area contributed by atoms with Gasteiger partial charge in [0.15, 0.2) is 0 Å². The van der Waals surface area contributed by atoms with E-state index in [9.17, 15) is 8.42 Å². The molecule has 2 rings (SSSR count). The van der Waals surface area contributed by atoms with Gasteiger partial charge in [-0.05, 0) is 32.2 Å². The molecule has 1 unspecified atom stereocenters. The Balaban J connectivity index is 0.00000128. The Morgan fingerprint density at radius 1 is 1.25 bits per heavy atom. The van der Waals surface area contributed by atoms with E-state index in [1.165, 1.54) is 0 Å². The van der Waals surface area contributed by atoms with Crippen molar-refractivity contribution in [3.05, 3.63) is 0 Å². The van der Waals surface area contributed by atoms with Gasteiger partial charge in [-0.1, -0.05) is 0 Å². The van der Waals surface area contributed by atoms with Crippen LogP contribution in [-0.2, 0) is 10.2 Å². The van der Waals surface area contributed by atoms with Crippen LogP contribution in [0.15, 0.2) is 0 Å². The first kappa shape index (κ1) is 14.2. The lowest BCUT2D eigenvalue weighted by Crippen LogP contribution is -2.44. The molecule has 2 aliphatic rings. The van der Waals surface area contributed by atoms with Crippen molar-refractivity contribution in [2.24, 2.45) is 0 Å². The Kier molecular flexibility index (Phi) is 5.46. The minimum Gasteiger partial charge on any atom is -0.313 e. The van der Waals surface area contributed by atoms with Crippen LogP contribution in [0.4, 0.5) is 0 Å². The Morgan fingerprint density at radius 2 is 1.94 bits per heavy atom. The number of nitrogens with zero attached hydrogens (tertiary/aromatic N) is 1. The van der Waals surface area contributed by atoms with Crippen molar-refractivity contribution in [1.82, 2.24) is 14.3 Å². The third-order valence-electron chi connectivity index (χ3n) is 3.08. The molecule has 0 aromatic rings. The largest absolute Gasteiger partial charge is 0.313 e. The van der Waals surface area contributed by atoms with E-state index in [1.54, 1.807) is 4.31 Å². The molecule has 2 aliphatic heterocycles. The van der Waals surface area contributed by atoms with Gasteiger partial charge in [0.1, 0.15) is 0 Å². The van der Waals surface area contributed by atoms with Crippen LogP contribution in [0.5, 0.6) is 0 Å². The van der Waals surface area contributed by atoms with Gasteiger partial charge in [0.2, 0.25) is 0 Å². The zero-order valence-corrected chi connectivity index (χ0v) is 10.9. The summed E-state index contributed by atoms with van der Waals surface area (Å²) < 4.78 is 27.8. The molecular weight excluding hydrogens is 250 g/mol. The molecule has 96 valence electrons. The lowest BCUT2D eigenvalue weighted by molar-refractivity contribution is 0.458. The van der Waals surface area contributed by atoms with Crippen LogP contribution in [0.3, 0.4) is 0 Å². The van der Waals surface area contributed by atoms with Crippen LogP contribution < -0.4 is 10.0 Å². The summed E-state index contributed by atoms with van der Waals surface area (Å²) >= 11 is 0. The van der Waals surface area contributed by atoms with E-state index in [-0.39, 0.29) is 12.4 Å². The molecule has 16 heavy (non-hydrogen) atoms. The van der Waals surface area contributed by atoms with Crippen molar-refractivity contribution >= 4 is 22.6 Å². The van der Waals surface area contributed by atoms with Gasteiger partial charge in [-0.2, -0.15) is 12.7 Å². The van der Waals surface area contributed by atoms with Gasteiger partial charge in [0.05, 0.1) is 0 Å². The smallest absolute Gasteiger partial charge is 0.279 e. The third-order valence-corrected chi connectivity index (χ3v) is 4.66. The van der Waals surface area contributed by atoms with Crippen LogP contribution in [-0.4, -0.2) is 44.9 Å². The summed E-state index contributed by atoms with van der Waals surface area (Å²) in [5.74, 6) is 0. The fraction of sp³-hybridized carbons (Fsp3) is 1.00. The highest BCUT2D eigenvalue weighted by Gasteiger charge is 2.26. The van der Waals surface area contributed by atoms with E-state index in [4.69, 9.17) is 0 Å². The maximum absolute atomic E-state index is 11.8. The fourth-order valence-corrected chi connectivity index (χ4v) is 3.49. The van der Waals surface area contributed by atoms with Crippen LogP contribution in [0, 0.1) is 0 Å². The summed E-state index contributed by atoms with van der Waals surface area (Å²) in [7, 11) is -3.20. The Morgan fingerprint density at radius 3 is 2.50 bits per heavy atom. The van der Waals surface area contributed by atoms with Crippen molar-refractivity contribution in [3.8, 4) is 0 Å². The lowest BCUT2D eigenvalue weighted by Gasteiger charge is -2.18. The van der Waals surface area contributed by atoms with Crippen molar-refractivity contribution in [1.29, 1.82) is 0 Å². The predicted octanol–water partition coefficient (Wildman–Crippen LogP) is 0.0904. The average molecular weight is 270 g/mol. The first-order valence-corrected chi connectivity index (χ1v) is 7.10. The molecule has 0 aromatic carbocycles. The molecule has 2 fully saturated rings. The Hall–Kier alpha value is 0.120. The molecule has 5 nitrogen and oxygen atoms in total. The Labute approximate surface area is 104 Å². The van der Waals surface area contributed by atoms with E-state index in [2.05, 4.69) is 10.0 Å². The fourth-order valence-electron chi connectivity index (χ4n) is 2.16. The van der Waals surface area contributed by atoms with E-state index in [1.807, 2.05) is 0 Å². The second kappa shape index (κ2) is 6.16. The number of halogens is 1. The molecule has 0 aliphatic carbocycles. The number of rotatable bonds is 4. The molecule has 0 aromatic heterocycles. The van der Waals surface area contributed by atoms with Gasteiger partial charge in [-0.3, -0.25) is 0 Å². The van der Waals surface area contributed by atoms with Gasteiger partial charge >= 0.3 is 0 Å². The number of hydrogen-bond acceptors (Lipinski definition) is 3. The van der Waals surface area contributed by atoms with E-state index in [0.717, 1.165) is 32.2 Å². The average Bonchev–Trinajstić information content (AvgIpc) is 2.88.